The first-order chi connectivity index (χ1) is 11.4. The number of nitrogens with zero attached hydrogens (tertiary/aromatic N) is 1. The summed E-state index contributed by atoms with van der Waals surface area (Å²) >= 11 is 0. The molecule has 0 aromatic heterocycles. The van der Waals surface area contributed by atoms with Gasteiger partial charge in [0.25, 0.3) is 0 Å². The number of rotatable bonds is 6. The highest BCUT2D eigenvalue weighted by molar-refractivity contribution is 5.90. The number of nitrogens with two attached hydrogens (primary N) is 1. The third-order valence-electron chi connectivity index (χ3n) is 4.74. The van der Waals surface area contributed by atoms with Crippen molar-refractivity contribution in [2.75, 3.05) is 6.54 Å². The summed E-state index contributed by atoms with van der Waals surface area (Å²) in [6, 6.07) is 7.29. The third-order valence-corrected chi connectivity index (χ3v) is 4.74. The second kappa shape index (κ2) is 8.29. The molecule has 1 heterocycles. The molecule has 0 saturated carbocycles. The molecule has 5 heteroatoms. The summed E-state index contributed by atoms with van der Waals surface area (Å²) in [5, 5.41) is 2.96. The smallest absolute Gasteiger partial charge is 0.243 e. The fourth-order valence-electron chi connectivity index (χ4n) is 2.98. The number of carbonyl (C=O) groups excluding carboxylic acids is 2. The van der Waals surface area contributed by atoms with Crippen LogP contribution in [0.4, 0.5) is 0 Å². The minimum atomic E-state index is -0.542. The maximum atomic E-state index is 12.5. The molecular formula is C19H29N3O2. The van der Waals surface area contributed by atoms with E-state index in [-0.39, 0.29) is 17.7 Å². The van der Waals surface area contributed by atoms with Crippen molar-refractivity contribution in [1.29, 1.82) is 0 Å². The molecule has 0 radical (unpaired) electrons. The van der Waals surface area contributed by atoms with Gasteiger partial charge in [-0.1, -0.05) is 45.0 Å². The number of nitrogens with one attached hydrogen (secondary N) is 1. The molecule has 1 aliphatic rings. The van der Waals surface area contributed by atoms with Gasteiger partial charge >= 0.3 is 0 Å². The Hall–Kier alpha value is -1.88. The third kappa shape index (κ3) is 4.35. The fraction of sp³-hybridized carbons (Fsp3) is 0.579. The summed E-state index contributed by atoms with van der Waals surface area (Å²) in [5.41, 5.74) is 8.31. The zero-order valence-corrected chi connectivity index (χ0v) is 14.9. The van der Waals surface area contributed by atoms with Gasteiger partial charge in [-0.25, -0.2) is 0 Å². The van der Waals surface area contributed by atoms with E-state index in [2.05, 4.69) is 24.4 Å². The number of likely N-dealkylation sites (tertiary alicyclic amines) is 1. The Balaban J connectivity index is 1.93. The second-order valence-electron chi connectivity index (χ2n) is 6.85. The summed E-state index contributed by atoms with van der Waals surface area (Å²) in [5.74, 6) is -0.134. The highest BCUT2D eigenvalue weighted by Gasteiger charge is 2.36. The van der Waals surface area contributed by atoms with Crippen LogP contribution in [0.25, 0.3) is 0 Å². The molecule has 1 aliphatic heterocycles. The zero-order valence-electron chi connectivity index (χ0n) is 14.9. The van der Waals surface area contributed by atoms with Crippen molar-refractivity contribution in [2.24, 2.45) is 11.7 Å². The molecule has 24 heavy (non-hydrogen) atoms. The monoisotopic (exact) mass is 331 g/mol. The van der Waals surface area contributed by atoms with Crippen molar-refractivity contribution >= 4 is 11.8 Å². The molecule has 132 valence electrons. The first kappa shape index (κ1) is 18.5. The first-order valence-corrected chi connectivity index (χ1v) is 8.85. The first-order valence-electron chi connectivity index (χ1n) is 8.85. The van der Waals surface area contributed by atoms with Crippen molar-refractivity contribution in [3.05, 3.63) is 35.4 Å². The lowest BCUT2D eigenvalue weighted by molar-refractivity contribution is -0.140. The van der Waals surface area contributed by atoms with E-state index >= 15 is 0 Å². The molecule has 1 fully saturated rings. The van der Waals surface area contributed by atoms with Crippen LogP contribution in [0.1, 0.15) is 44.7 Å². The molecule has 0 spiro atoms. The van der Waals surface area contributed by atoms with E-state index in [1.807, 2.05) is 26.0 Å². The Bertz CT molecular complexity index is 568. The molecular weight excluding hydrogens is 302 g/mol. The minimum absolute atomic E-state index is 0.0684. The topological polar surface area (TPSA) is 75.4 Å². The number of benzene rings is 1. The standard InChI is InChI=1S/C19H29N3O2/c1-4-14-7-9-15(10-8-14)12-21-18(23)16-6-5-11-22(16)19(24)17(20)13(2)3/h7-10,13,16-17H,4-6,11-12,20H2,1-3H3,(H,21,23)/t16-,17-/m0/s1. The molecule has 1 aromatic rings. The fourth-order valence-corrected chi connectivity index (χ4v) is 2.98. The lowest BCUT2D eigenvalue weighted by Crippen LogP contribution is -2.52. The van der Waals surface area contributed by atoms with E-state index < -0.39 is 12.1 Å². The van der Waals surface area contributed by atoms with Crippen LogP contribution in [0.5, 0.6) is 0 Å². The van der Waals surface area contributed by atoms with E-state index in [1.165, 1.54) is 5.56 Å². The normalized spacial score (nSPS) is 18.7. The average molecular weight is 331 g/mol. The molecule has 1 saturated heterocycles. The molecule has 3 N–H and O–H groups in total. The van der Waals surface area contributed by atoms with E-state index in [0.29, 0.717) is 19.5 Å². The molecule has 1 aromatic carbocycles. The lowest BCUT2D eigenvalue weighted by atomic mass is 10.0. The van der Waals surface area contributed by atoms with Gasteiger partial charge in [0.2, 0.25) is 11.8 Å². The molecule has 2 amide bonds. The van der Waals surface area contributed by atoms with E-state index in [0.717, 1.165) is 18.4 Å². The maximum Gasteiger partial charge on any atom is 0.243 e. The van der Waals surface area contributed by atoms with Crippen LogP contribution in [0.2, 0.25) is 0 Å². The Morgan fingerprint density at radius 3 is 2.46 bits per heavy atom. The minimum Gasteiger partial charge on any atom is -0.350 e. The predicted octanol–water partition coefficient (Wildman–Crippen LogP) is 1.84. The van der Waals surface area contributed by atoms with Crippen molar-refractivity contribution < 1.29 is 9.59 Å². The lowest BCUT2D eigenvalue weighted by Gasteiger charge is -2.28. The summed E-state index contributed by atoms with van der Waals surface area (Å²) in [6.45, 7) is 7.06. The summed E-state index contributed by atoms with van der Waals surface area (Å²) < 4.78 is 0. The SMILES string of the molecule is CCc1ccc(CNC(=O)[C@@H]2CCCN2C(=O)[C@@H](N)C(C)C)cc1. The van der Waals surface area contributed by atoms with Crippen LogP contribution in [0.15, 0.2) is 24.3 Å². The second-order valence-corrected chi connectivity index (χ2v) is 6.85. The van der Waals surface area contributed by atoms with Crippen LogP contribution < -0.4 is 11.1 Å². The summed E-state index contributed by atoms with van der Waals surface area (Å²) in [4.78, 5) is 26.6. The molecule has 0 bridgehead atoms. The van der Waals surface area contributed by atoms with E-state index in [1.54, 1.807) is 4.90 Å². The zero-order chi connectivity index (χ0) is 17.7. The molecule has 5 nitrogen and oxygen atoms in total. The maximum absolute atomic E-state index is 12.5. The Morgan fingerprint density at radius 1 is 1.25 bits per heavy atom. The van der Waals surface area contributed by atoms with Gasteiger partial charge in [0.1, 0.15) is 6.04 Å². The Labute approximate surface area is 144 Å². The van der Waals surface area contributed by atoms with Gasteiger partial charge in [0.15, 0.2) is 0 Å². The van der Waals surface area contributed by atoms with Crippen LogP contribution in [-0.4, -0.2) is 35.3 Å². The average Bonchev–Trinajstić information content (AvgIpc) is 3.08. The van der Waals surface area contributed by atoms with E-state index in [9.17, 15) is 9.59 Å². The quantitative estimate of drug-likeness (QED) is 0.835. The molecule has 2 rings (SSSR count). The van der Waals surface area contributed by atoms with Crippen LogP contribution in [-0.2, 0) is 22.6 Å². The Morgan fingerprint density at radius 2 is 1.88 bits per heavy atom. The number of hydrogen-bond donors (Lipinski definition) is 2. The van der Waals surface area contributed by atoms with Crippen LogP contribution in [0, 0.1) is 5.92 Å². The molecule has 0 unspecified atom stereocenters. The van der Waals surface area contributed by atoms with Gasteiger partial charge in [-0.05, 0) is 36.3 Å². The summed E-state index contributed by atoms with van der Waals surface area (Å²) in [6.07, 6.45) is 2.55. The van der Waals surface area contributed by atoms with Crippen LogP contribution >= 0.6 is 0 Å². The Kier molecular flexibility index (Phi) is 6.37. The van der Waals surface area contributed by atoms with Crippen molar-refractivity contribution in [1.82, 2.24) is 10.2 Å². The number of hydrogen-bond acceptors (Lipinski definition) is 3. The highest BCUT2D eigenvalue weighted by Crippen LogP contribution is 2.20. The molecule has 0 aliphatic carbocycles. The van der Waals surface area contributed by atoms with Crippen molar-refractivity contribution in [3.63, 3.8) is 0 Å². The molecule has 2 atom stereocenters. The predicted molar refractivity (Wildman–Crippen MR) is 95.2 cm³/mol. The van der Waals surface area contributed by atoms with Gasteiger partial charge in [-0.3, -0.25) is 9.59 Å². The number of carbonyl (C=O) groups is 2. The van der Waals surface area contributed by atoms with Gasteiger partial charge in [0, 0.05) is 13.1 Å². The van der Waals surface area contributed by atoms with Gasteiger partial charge < -0.3 is 16.0 Å². The van der Waals surface area contributed by atoms with Gasteiger partial charge in [-0.2, -0.15) is 0 Å². The number of amides is 2. The number of aryl methyl sites for hydroxylation is 1. The van der Waals surface area contributed by atoms with Crippen LogP contribution in [0.3, 0.4) is 0 Å². The van der Waals surface area contributed by atoms with E-state index in [4.69, 9.17) is 5.73 Å². The highest BCUT2D eigenvalue weighted by atomic mass is 16.2. The van der Waals surface area contributed by atoms with Gasteiger partial charge in [-0.15, -0.1) is 0 Å². The summed E-state index contributed by atoms with van der Waals surface area (Å²) in [7, 11) is 0. The largest absolute Gasteiger partial charge is 0.350 e. The van der Waals surface area contributed by atoms with Crippen molar-refractivity contribution in [2.45, 2.75) is 58.7 Å². The van der Waals surface area contributed by atoms with Gasteiger partial charge in [0.05, 0.1) is 6.04 Å². The van der Waals surface area contributed by atoms with Crippen molar-refractivity contribution in [3.8, 4) is 0 Å².